The number of hydrogen-bond donors (Lipinski definition) is 1. The summed E-state index contributed by atoms with van der Waals surface area (Å²) in [4.78, 5) is 12.6. The molecule has 1 aromatic carbocycles. The van der Waals surface area contributed by atoms with Gasteiger partial charge in [0.05, 0.1) is 38.6 Å². The zero-order chi connectivity index (χ0) is 17.8. The molecule has 0 unspecified atom stereocenters. The monoisotopic (exact) mass is 344 g/mol. The van der Waals surface area contributed by atoms with E-state index in [1.54, 1.807) is 7.11 Å². The largest absolute Gasteiger partial charge is 0.497 e. The Morgan fingerprint density at radius 1 is 1.28 bits per heavy atom. The predicted octanol–water partition coefficient (Wildman–Crippen LogP) is 2.25. The summed E-state index contributed by atoms with van der Waals surface area (Å²) in [7, 11) is 1.64. The molecule has 2 aromatic rings. The van der Waals surface area contributed by atoms with Gasteiger partial charge in [-0.25, -0.2) is 0 Å². The van der Waals surface area contributed by atoms with Crippen LogP contribution in [0.25, 0.3) is 5.69 Å². The molecule has 2 heterocycles. The Bertz CT molecular complexity index is 731. The van der Waals surface area contributed by atoms with E-state index >= 15 is 0 Å². The number of aryl methyl sites for hydroxylation is 1. The second-order valence-corrected chi connectivity index (χ2v) is 6.10. The van der Waals surface area contributed by atoms with Gasteiger partial charge in [0.1, 0.15) is 5.75 Å². The standard InChI is InChI=1S/C19H24N2O4/c1-13-10-18(19(22)20-11-17-12-24-8-9-25-17)14(2)21(13)15-4-6-16(23-3)7-5-15/h4-7,10,17H,8-9,11-12H2,1-3H3,(H,20,22)/t17-/m0/s1. The van der Waals surface area contributed by atoms with Crippen LogP contribution >= 0.6 is 0 Å². The smallest absolute Gasteiger partial charge is 0.253 e. The van der Waals surface area contributed by atoms with E-state index in [9.17, 15) is 4.79 Å². The van der Waals surface area contributed by atoms with Gasteiger partial charge in [-0.1, -0.05) is 0 Å². The molecule has 25 heavy (non-hydrogen) atoms. The molecule has 0 bridgehead atoms. The molecule has 1 aromatic heterocycles. The summed E-state index contributed by atoms with van der Waals surface area (Å²) in [6.45, 7) is 6.11. The fourth-order valence-electron chi connectivity index (χ4n) is 3.08. The number of nitrogens with zero attached hydrogens (tertiary/aromatic N) is 1. The zero-order valence-electron chi connectivity index (χ0n) is 14.9. The highest BCUT2D eigenvalue weighted by Gasteiger charge is 2.19. The minimum atomic E-state index is -0.0953. The minimum absolute atomic E-state index is 0.0808. The molecule has 1 aliphatic heterocycles. The van der Waals surface area contributed by atoms with E-state index < -0.39 is 0 Å². The van der Waals surface area contributed by atoms with Crippen LogP contribution in [0, 0.1) is 13.8 Å². The molecule has 0 spiro atoms. The van der Waals surface area contributed by atoms with E-state index in [-0.39, 0.29) is 12.0 Å². The van der Waals surface area contributed by atoms with E-state index in [1.165, 1.54) is 0 Å². The summed E-state index contributed by atoms with van der Waals surface area (Å²) >= 11 is 0. The molecule has 0 saturated carbocycles. The fraction of sp³-hybridized carbons (Fsp3) is 0.421. The van der Waals surface area contributed by atoms with Crippen molar-refractivity contribution in [1.29, 1.82) is 0 Å². The first kappa shape index (κ1) is 17.5. The number of methoxy groups -OCH3 is 1. The highest BCUT2D eigenvalue weighted by molar-refractivity contribution is 5.95. The van der Waals surface area contributed by atoms with Crippen molar-refractivity contribution in [3.63, 3.8) is 0 Å². The van der Waals surface area contributed by atoms with Gasteiger partial charge in [0.25, 0.3) is 5.91 Å². The van der Waals surface area contributed by atoms with Gasteiger partial charge >= 0.3 is 0 Å². The minimum Gasteiger partial charge on any atom is -0.497 e. The van der Waals surface area contributed by atoms with Gasteiger partial charge in [-0.05, 0) is 44.2 Å². The molecule has 0 radical (unpaired) electrons. The van der Waals surface area contributed by atoms with Crippen LogP contribution in [0.2, 0.25) is 0 Å². The number of ether oxygens (including phenoxy) is 3. The third-order valence-corrected chi connectivity index (χ3v) is 4.38. The second kappa shape index (κ2) is 7.72. The van der Waals surface area contributed by atoms with Crippen molar-refractivity contribution in [1.82, 2.24) is 9.88 Å². The number of hydrogen-bond acceptors (Lipinski definition) is 4. The molecule has 0 aliphatic carbocycles. The Morgan fingerprint density at radius 3 is 2.68 bits per heavy atom. The molecule has 1 aliphatic rings. The molecule has 6 nitrogen and oxygen atoms in total. The number of amides is 1. The van der Waals surface area contributed by atoms with Gasteiger partial charge in [0.15, 0.2) is 0 Å². The average Bonchev–Trinajstić information content (AvgIpc) is 2.95. The molecule has 1 atom stereocenters. The maximum Gasteiger partial charge on any atom is 0.253 e. The third kappa shape index (κ3) is 3.86. The molecule has 1 N–H and O–H groups in total. The number of benzene rings is 1. The molecule has 3 rings (SSSR count). The Labute approximate surface area is 147 Å². The second-order valence-electron chi connectivity index (χ2n) is 6.10. The Kier molecular flexibility index (Phi) is 5.40. The van der Waals surface area contributed by atoms with E-state index in [1.807, 2.05) is 44.2 Å². The lowest BCUT2D eigenvalue weighted by molar-refractivity contribution is -0.0855. The average molecular weight is 344 g/mol. The first-order chi connectivity index (χ1) is 12.1. The molecule has 6 heteroatoms. The SMILES string of the molecule is COc1ccc(-n2c(C)cc(C(=O)NC[C@H]3COCCO3)c2C)cc1. The van der Waals surface area contributed by atoms with Crippen LogP contribution in [0.4, 0.5) is 0 Å². The molecule has 1 saturated heterocycles. The van der Waals surface area contributed by atoms with Crippen LogP contribution in [-0.4, -0.2) is 50.1 Å². The maximum absolute atomic E-state index is 12.6. The van der Waals surface area contributed by atoms with Crippen molar-refractivity contribution in [3.05, 3.63) is 47.3 Å². The molecular weight excluding hydrogens is 320 g/mol. The molecule has 1 fully saturated rings. The van der Waals surface area contributed by atoms with Crippen molar-refractivity contribution >= 4 is 5.91 Å². The number of carbonyl (C=O) groups is 1. The van der Waals surface area contributed by atoms with Crippen molar-refractivity contribution in [2.75, 3.05) is 33.5 Å². The summed E-state index contributed by atoms with van der Waals surface area (Å²) in [5, 5.41) is 2.94. The van der Waals surface area contributed by atoms with Crippen molar-refractivity contribution in [2.45, 2.75) is 20.0 Å². The van der Waals surface area contributed by atoms with Crippen molar-refractivity contribution in [2.24, 2.45) is 0 Å². The van der Waals surface area contributed by atoms with Crippen LogP contribution in [0.15, 0.2) is 30.3 Å². The van der Waals surface area contributed by atoms with Crippen LogP contribution in [0.5, 0.6) is 5.75 Å². The summed E-state index contributed by atoms with van der Waals surface area (Å²) in [6.07, 6.45) is -0.0808. The van der Waals surface area contributed by atoms with Gasteiger partial charge < -0.3 is 24.1 Å². The van der Waals surface area contributed by atoms with Crippen LogP contribution in [-0.2, 0) is 9.47 Å². The summed E-state index contributed by atoms with van der Waals surface area (Å²) in [5.41, 5.74) is 3.58. The van der Waals surface area contributed by atoms with Crippen LogP contribution in [0.3, 0.4) is 0 Å². The Balaban J connectivity index is 1.74. The Morgan fingerprint density at radius 2 is 2.04 bits per heavy atom. The lowest BCUT2D eigenvalue weighted by Gasteiger charge is -2.23. The normalized spacial score (nSPS) is 17.3. The van der Waals surface area contributed by atoms with Gasteiger partial charge in [-0.15, -0.1) is 0 Å². The first-order valence-corrected chi connectivity index (χ1v) is 8.41. The number of carbonyl (C=O) groups excluding carboxylic acids is 1. The van der Waals surface area contributed by atoms with Crippen molar-refractivity contribution < 1.29 is 19.0 Å². The molecular formula is C19H24N2O4. The van der Waals surface area contributed by atoms with Gasteiger partial charge in [0.2, 0.25) is 0 Å². The third-order valence-electron chi connectivity index (χ3n) is 4.38. The highest BCUT2D eigenvalue weighted by Crippen LogP contribution is 2.22. The summed E-state index contributed by atoms with van der Waals surface area (Å²) < 4.78 is 18.2. The van der Waals surface area contributed by atoms with Crippen molar-refractivity contribution in [3.8, 4) is 11.4 Å². The lowest BCUT2D eigenvalue weighted by atomic mass is 10.2. The quantitative estimate of drug-likeness (QED) is 0.904. The predicted molar refractivity (Wildman–Crippen MR) is 94.7 cm³/mol. The molecule has 1 amide bonds. The van der Waals surface area contributed by atoms with Gasteiger partial charge in [-0.2, -0.15) is 0 Å². The topological polar surface area (TPSA) is 61.7 Å². The first-order valence-electron chi connectivity index (χ1n) is 8.41. The number of aromatic nitrogens is 1. The van der Waals surface area contributed by atoms with Crippen LogP contribution < -0.4 is 10.1 Å². The van der Waals surface area contributed by atoms with Crippen LogP contribution in [0.1, 0.15) is 21.7 Å². The summed E-state index contributed by atoms with van der Waals surface area (Å²) in [6, 6.07) is 9.69. The fourth-order valence-corrected chi connectivity index (χ4v) is 3.08. The summed E-state index contributed by atoms with van der Waals surface area (Å²) in [5.74, 6) is 0.709. The van der Waals surface area contributed by atoms with Gasteiger partial charge in [-0.3, -0.25) is 4.79 Å². The number of nitrogens with one attached hydrogen (secondary N) is 1. The van der Waals surface area contributed by atoms with Gasteiger partial charge in [0, 0.05) is 23.6 Å². The van der Waals surface area contributed by atoms with E-state index in [0.29, 0.717) is 31.9 Å². The molecule has 134 valence electrons. The van der Waals surface area contributed by atoms with E-state index in [0.717, 1.165) is 22.8 Å². The lowest BCUT2D eigenvalue weighted by Crippen LogP contribution is -2.39. The van der Waals surface area contributed by atoms with E-state index in [2.05, 4.69) is 9.88 Å². The van der Waals surface area contributed by atoms with E-state index in [4.69, 9.17) is 14.2 Å². The zero-order valence-corrected chi connectivity index (χ0v) is 14.9. The Hall–Kier alpha value is -2.31. The highest BCUT2D eigenvalue weighted by atomic mass is 16.6. The maximum atomic E-state index is 12.6. The number of rotatable bonds is 5.